The number of carbonyl (C=O) groups excluding carboxylic acids is 1. The molecule has 3 rings (SSSR count). The summed E-state index contributed by atoms with van der Waals surface area (Å²) in [5.74, 6) is 0.598. The largest absolute Gasteiger partial charge is 0.305 e. The fraction of sp³-hybridized carbons (Fsp3) is 0.652. The molecule has 0 radical (unpaired) electrons. The van der Waals surface area contributed by atoms with E-state index in [1.165, 1.54) is 31.2 Å². The van der Waals surface area contributed by atoms with Gasteiger partial charge in [0, 0.05) is 23.9 Å². The van der Waals surface area contributed by atoms with Crippen LogP contribution >= 0.6 is 11.6 Å². The molecular weight excluding hydrogens is 356 g/mol. The Balaban J connectivity index is 1.89. The van der Waals surface area contributed by atoms with Crippen LogP contribution in [0.15, 0.2) is 17.1 Å². The van der Waals surface area contributed by atoms with Crippen LogP contribution in [-0.2, 0) is 17.8 Å². The van der Waals surface area contributed by atoms with Crippen LogP contribution in [0.5, 0.6) is 0 Å². The van der Waals surface area contributed by atoms with Crippen LogP contribution in [0.2, 0.25) is 5.02 Å². The van der Waals surface area contributed by atoms with E-state index in [-0.39, 0.29) is 11.5 Å². The number of halogens is 1. The Bertz CT molecular complexity index is 728. The molecule has 1 heterocycles. The van der Waals surface area contributed by atoms with E-state index >= 15 is 0 Å². The smallest absolute Gasteiger partial charge is 0.141 e. The highest BCUT2D eigenvalue weighted by Gasteiger charge is 2.30. The number of rotatable bonds is 5. The first kappa shape index (κ1) is 20.5. The molecule has 27 heavy (non-hydrogen) atoms. The molecule has 0 bridgehead atoms. The van der Waals surface area contributed by atoms with Crippen molar-refractivity contribution in [1.82, 2.24) is 4.90 Å². The number of Topliss-reactive ketones (excluding diaryl/α,β-unsaturated/α-hetero) is 1. The minimum Gasteiger partial charge on any atom is -0.305 e. The molecule has 148 valence electrons. The Hall–Kier alpha value is -1.19. The predicted octanol–water partition coefficient (Wildman–Crippen LogP) is 5.46. The van der Waals surface area contributed by atoms with Crippen LogP contribution in [0.4, 0.5) is 0 Å². The minimum atomic E-state index is -0.182. The van der Waals surface area contributed by atoms with Gasteiger partial charge in [0.2, 0.25) is 0 Å². The summed E-state index contributed by atoms with van der Waals surface area (Å²) in [6.07, 6.45) is 8.35. The summed E-state index contributed by atoms with van der Waals surface area (Å²) >= 11 is 6.56. The van der Waals surface area contributed by atoms with Crippen molar-refractivity contribution in [3.8, 4) is 0 Å². The SMILES string of the molecule is CN(C)Cc1cc2c(cc1Cl)CC(C)(C)N=C2CC(=O)C1CCCCCC1. The summed E-state index contributed by atoms with van der Waals surface area (Å²) in [4.78, 5) is 20.2. The molecule has 1 aromatic carbocycles. The summed E-state index contributed by atoms with van der Waals surface area (Å²) < 4.78 is 0. The number of carbonyl (C=O) groups is 1. The van der Waals surface area contributed by atoms with Crippen molar-refractivity contribution in [2.24, 2.45) is 10.9 Å². The molecule has 2 aliphatic rings. The molecule has 0 aromatic heterocycles. The van der Waals surface area contributed by atoms with Crippen molar-refractivity contribution in [2.45, 2.75) is 77.3 Å². The second-order valence-corrected chi connectivity index (χ2v) is 9.63. The molecule has 0 spiro atoms. The number of fused-ring (bicyclic) bond motifs is 1. The maximum absolute atomic E-state index is 13.1. The quantitative estimate of drug-likeness (QED) is 0.628. The van der Waals surface area contributed by atoms with Crippen LogP contribution in [0, 0.1) is 5.92 Å². The lowest BCUT2D eigenvalue weighted by Crippen LogP contribution is -2.31. The molecule has 0 N–H and O–H groups in total. The number of benzene rings is 1. The van der Waals surface area contributed by atoms with E-state index in [0.29, 0.717) is 12.2 Å². The molecule has 1 fully saturated rings. The highest BCUT2D eigenvalue weighted by molar-refractivity contribution is 6.31. The van der Waals surface area contributed by atoms with Crippen LogP contribution in [0.1, 0.15) is 75.5 Å². The Morgan fingerprint density at radius 2 is 1.85 bits per heavy atom. The maximum Gasteiger partial charge on any atom is 0.141 e. The number of aliphatic imine (C=N–C) groups is 1. The van der Waals surface area contributed by atoms with E-state index in [4.69, 9.17) is 16.6 Å². The third-order valence-electron chi connectivity index (χ3n) is 5.78. The molecule has 0 saturated heterocycles. The predicted molar refractivity (Wildman–Crippen MR) is 114 cm³/mol. The van der Waals surface area contributed by atoms with Gasteiger partial charge in [0.05, 0.1) is 11.3 Å². The average Bonchev–Trinajstić information content (AvgIpc) is 2.84. The van der Waals surface area contributed by atoms with Crippen molar-refractivity contribution in [3.63, 3.8) is 0 Å². The van der Waals surface area contributed by atoms with Gasteiger partial charge in [-0.25, -0.2) is 0 Å². The first-order valence-corrected chi connectivity index (χ1v) is 10.7. The molecule has 1 aliphatic heterocycles. The van der Waals surface area contributed by atoms with E-state index in [9.17, 15) is 4.79 Å². The molecule has 4 heteroatoms. The lowest BCUT2D eigenvalue weighted by atomic mass is 9.83. The van der Waals surface area contributed by atoms with Crippen LogP contribution in [0.3, 0.4) is 0 Å². The van der Waals surface area contributed by atoms with E-state index in [1.807, 2.05) is 14.1 Å². The van der Waals surface area contributed by atoms with Crippen molar-refractivity contribution in [1.29, 1.82) is 0 Å². The van der Waals surface area contributed by atoms with E-state index in [2.05, 4.69) is 30.9 Å². The van der Waals surface area contributed by atoms with E-state index in [0.717, 1.165) is 47.7 Å². The Labute approximate surface area is 169 Å². The average molecular weight is 389 g/mol. The zero-order valence-electron chi connectivity index (χ0n) is 17.3. The second kappa shape index (κ2) is 8.45. The van der Waals surface area contributed by atoms with E-state index < -0.39 is 0 Å². The number of hydrogen-bond acceptors (Lipinski definition) is 3. The topological polar surface area (TPSA) is 32.7 Å². The summed E-state index contributed by atoms with van der Waals surface area (Å²) in [6, 6.07) is 4.27. The Morgan fingerprint density at radius 1 is 1.19 bits per heavy atom. The Kier molecular flexibility index (Phi) is 6.43. The number of ketones is 1. The molecule has 0 unspecified atom stereocenters. The highest BCUT2D eigenvalue weighted by Crippen LogP contribution is 2.33. The van der Waals surface area contributed by atoms with Gasteiger partial charge in [-0.1, -0.05) is 37.3 Å². The Morgan fingerprint density at radius 3 is 2.48 bits per heavy atom. The molecule has 1 aliphatic carbocycles. The van der Waals surface area contributed by atoms with Gasteiger partial charge >= 0.3 is 0 Å². The molecule has 1 saturated carbocycles. The van der Waals surface area contributed by atoms with Gasteiger partial charge in [-0.05, 0) is 76.0 Å². The summed E-state index contributed by atoms with van der Waals surface area (Å²) in [7, 11) is 4.09. The van der Waals surface area contributed by atoms with Crippen molar-refractivity contribution < 1.29 is 4.79 Å². The third kappa shape index (κ3) is 5.20. The number of hydrogen-bond donors (Lipinski definition) is 0. The maximum atomic E-state index is 13.1. The molecule has 0 amide bonds. The van der Waals surface area contributed by atoms with Gasteiger partial charge in [-0.3, -0.25) is 9.79 Å². The number of nitrogens with zero attached hydrogens (tertiary/aromatic N) is 2. The fourth-order valence-electron chi connectivity index (χ4n) is 4.51. The first-order valence-electron chi connectivity index (χ1n) is 10.3. The van der Waals surface area contributed by atoms with E-state index in [1.54, 1.807) is 0 Å². The normalized spacial score (nSPS) is 20.1. The molecule has 3 nitrogen and oxygen atoms in total. The minimum absolute atomic E-state index is 0.182. The summed E-state index contributed by atoms with van der Waals surface area (Å²) in [5, 5.41) is 0.814. The lowest BCUT2D eigenvalue weighted by Gasteiger charge is -2.30. The third-order valence-corrected chi connectivity index (χ3v) is 6.13. The van der Waals surface area contributed by atoms with Crippen LogP contribution in [0.25, 0.3) is 0 Å². The second-order valence-electron chi connectivity index (χ2n) is 9.22. The van der Waals surface area contributed by atoms with Gasteiger partial charge in [0.1, 0.15) is 5.78 Å². The van der Waals surface area contributed by atoms with Gasteiger partial charge < -0.3 is 4.90 Å². The van der Waals surface area contributed by atoms with Crippen molar-refractivity contribution in [2.75, 3.05) is 14.1 Å². The molecule has 1 aromatic rings. The van der Waals surface area contributed by atoms with Gasteiger partial charge in [0.15, 0.2) is 0 Å². The summed E-state index contributed by atoms with van der Waals surface area (Å²) in [5.41, 5.74) is 4.25. The van der Waals surface area contributed by atoms with Gasteiger partial charge in [0.25, 0.3) is 0 Å². The van der Waals surface area contributed by atoms with Crippen LogP contribution in [-0.4, -0.2) is 36.0 Å². The molecular formula is C23H33ClN2O. The lowest BCUT2D eigenvalue weighted by molar-refractivity contribution is -0.122. The zero-order chi connectivity index (χ0) is 19.6. The monoisotopic (exact) mass is 388 g/mol. The van der Waals surface area contributed by atoms with Crippen LogP contribution < -0.4 is 0 Å². The fourth-order valence-corrected chi connectivity index (χ4v) is 4.76. The standard InChI is InChI=1S/C23H33ClN2O/c1-23(2)14-17-12-20(24)18(15-26(3)4)11-19(17)21(25-23)13-22(27)16-9-7-5-6-8-10-16/h11-12,16H,5-10,13-15H2,1-4H3. The van der Waals surface area contributed by atoms with Gasteiger partial charge in [-0.15, -0.1) is 0 Å². The molecule has 0 atom stereocenters. The zero-order valence-corrected chi connectivity index (χ0v) is 18.0. The van der Waals surface area contributed by atoms with Crippen molar-refractivity contribution >= 4 is 23.1 Å². The van der Waals surface area contributed by atoms with Gasteiger partial charge in [-0.2, -0.15) is 0 Å². The summed E-state index contributed by atoms with van der Waals surface area (Å²) in [6.45, 7) is 5.08. The highest BCUT2D eigenvalue weighted by atomic mass is 35.5. The first-order chi connectivity index (χ1) is 12.7. The van der Waals surface area contributed by atoms with Crippen molar-refractivity contribution in [3.05, 3.63) is 33.8 Å².